The summed E-state index contributed by atoms with van der Waals surface area (Å²) in [7, 11) is -1.85. The van der Waals surface area contributed by atoms with E-state index in [1.165, 1.54) is 12.7 Å². The van der Waals surface area contributed by atoms with Crippen molar-refractivity contribution in [2.24, 2.45) is 11.8 Å². The maximum Gasteiger partial charge on any atom is 0.234 e. The molecule has 1 aliphatic carbocycles. The Balaban J connectivity index is 1.79. The van der Waals surface area contributed by atoms with Crippen molar-refractivity contribution in [1.82, 2.24) is 5.32 Å². The molecule has 3 rings (SSSR count). The lowest BCUT2D eigenvalue weighted by Crippen LogP contribution is -2.25. The lowest BCUT2D eigenvalue weighted by atomic mass is 9.87. The minimum atomic E-state index is -3.35. The first-order valence-electron chi connectivity index (χ1n) is 7.84. The molecule has 1 unspecified atom stereocenters. The highest BCUT2D eigenvalue weighted by Gasteiger charge is 2.65. The normalized spacial score (nSPS) is 30.1. The van der Waals surface area contributed by atoms with Gasteiger partial charge in [-0.05, 0) is 49.0 Å². The molecule has 1 heterocycles. The number of hydrogen-bond donors (Lipinski definition) is 2. The third-order valence-electron chi connectivity index (χ3n) is 5.24. The van der Waals surface area contributed by atoms with Crippen LogP contribution in [0.2, 0.25) is 0 Å². The van der Waals surface area contributed by atoms with Crippen LogP contribution in [0.15, 0.2) is 24.3 Å². The zero-order valence-electron chi connectivity index (χ0n) is 13.1. The van der Waals surface area contributed by atoms with Crippen LogP contribution < -0.4 is 10.0 Å². The molecule has 2 N–H and O–H groups in total. The summed E-state index contributed by atoms with van der Waals surface area (Å²) in [5, 5.41) is 3.43. The van der Waals surface area contributed by atoms with Crippen molar-refractivity contribution >= 4 is 15.7 Å². The molecule has 1 aromatic rings. The van der Waals surface area contributed by atoms with Gasteiger partial charge in [-0.15, -0.1) is 0 Å². The average molecular weight is 324 g/mol. The van der Waals surface area contributed by atoms with E-state index in [0.717, 1.165) is 19.5 Å². The van der Waals surface area contributed by atoms with E-state index in [9.17, 15) is 8.42 Å². The highest BCUT2D eigenvalue weighted by molar-refractivity contribution is 7.92. The molecule has 2 fully saturated rings. The Bertz CT molecular complexity index is 635. The molecule has 3 atom stereocenters. The first kappa shape index (κ1) is 15.8. The van der Waals surface area contributed by atoms with Crippen molar-refractivity contribution in [2.75, 3.05) is 37.3 Å². The number of piperidine rings is 1. The molecule has 0 amide bonds. The summed E-state index contributed by atoms with van der Waals surface area (Å²) in [6, 6.07) is 7.90. The van der Waals surface area contributed by atoms with Gasteiger partial charge in [-0.3, -0.25) is 4.72 Å². The van der Waals surface area contributed by atoms with Gasteiger partial charge in [0.05, 0.1) is 12.4 Å². The molecular weight excluding hydrogens is 300 g/mol. The van der Waals surface area contributed by atoms with Gasteiger partial charge in [0.1, 0.15) is 0 Å². The summed E-state index contributed by atoms with van der Waals surface area (Å²) in [6.45, 7) is 4.57. The fourth-order valence-corrected chi connectivity index (χ4v) is 5.07. The second kappa shape index (κ2) is 5.83. The average Bonchev–Trinajstić information content (AvgIpc) is 2.85. The van der Waals surface area contributed by atoms with E-state index in [-0.39, 0.29) is 17.8 Å². The molecule has 6 heteroatoms. The quantitative estimate of drug-likeness (QED) is 0.799. The minimum absolute atomic E-state index is 0.0260. The number of methoxy groups -OCH3 is 1. The first-order valence-corrected chi connectivity index (χ1v) is 9.49. The Morgan fingerprint density at radius 1 is 1.36 bits per heavy atom. The summed E-state index contributed by atoms with van der Waals surface area (Å²) in [5.41, 5.74) is 2.15. The molecule has 5 nitrogen and oxygen atoms in total. The van der Waals surface area contributed by atoms with E-state index >= 15 is 0 Å². The summed E-state index contributed by atoms with van der Waals surface area (Å²) >= 11 is 0. The summed E-state index contributed by atoms with van der Waals surface area (Å²) < 4.78 is 31.5. The van der Waals surface area contributed by atoms with Gasteiger partial charge >= 0.3 is 0 Å². The molecule has 0 radical (unpaired) electrons. The third kappa shape index (κ3) is 2.64. The molecule has 1 aromatic carbocycles. The van der Waals surface area contributed by atoms with Crippen molar-refractivity contribution in [3.63, 3.8) is 0 Å². The molecule has 0 bridgehead atoms. The van der Waals surface area contributed by atoms with E-state index < -0.39 is 10.0 Å². The topological polar surface area (TPSA) is 67.4 Å². The Labute approximate surface area is 132 Å². The fourth-order valence-electron chi connectivity index (χ4n) is 4.10. The van der Waals surface area contributed by atoms with Gasteiger partial charge < -0.3 is 10.1 Å². The Hall–Kier alpha value is -1.11. The van der Waals surface area contributed by atoms with Crippen LogP contribution in [-0.2, 0) is 20.2 Å². The third-order valence-corrected chi connectivity index (χ3v) is 6.49. The number of hydrogen-bond acceptors (Lipinski definition) is 4. The van der Waals surface area contributed by atoms with Crippen molar-refractivity contribution in [2.45, 2.75) is 18.8 Å². The summed E-state index contributed by atoms with van der Waals surface area (Å²) in [4.78, 5) is 0. The molecule has 2 aliphatic rings. The molecule has 122 valence electrons. The number of rotatable bonds is 7. The van der Waals surface area contributed by atoms with Crippen molar-refractivity contribution < 1.29 is 13.2 Å². The van der Waals surface area contributed by atoms with Crippen LogP contribution in [0.3, 0.4) is 0 Å². The van der Waals surface area contributed by atoms with Crippen molar-refractivity contribution in [3.8, 4) is 0 Å². The molecule has 0 spiro atoms. The lowest BCUT2D eigenvalue weighted by molar-refractivity contribution is 0.217. The predicted molar refractivity (Wildman–Crippen MR) is 87.5 cm³/mol. The van der Waals surface area contributed by atoms with Crippen LogP contribution in [0.1, 0.15) is 18.9 Å². The van der Waals surface area contributed by atoms with E-state index in [0.29, 0.717) is 17.5 Å². The Morgan fingerprint density at radius 3 is 2.73 bits per heavy atom. The van der Waals surface area contributed by atoms with Crippen LogP contribution in [0.25, 0.3) is 0 Å². The van der Waals surface area contributed by atoms with Crippen molar-refractivity contribution in [3.05, 3.63) is 29.8 Å². The molecule has 1 saturated heterocycles. The second-order valence-corrected chi connectivity index (χ2v) is 8.10. The Kier molecular flexibility index (Phi) is 4.18. The second-order valence-electron chi connectivity index (χ2n) is 6.26. The lowest BCUT2D eigenvalue weighted by Gasteiger charge is -2.21. The van der Waals surface area contributed by atoms with E-state index in [4.69, 9.17) is 4.74 Å². The van der Waals surface area contributed by atoms with E-state index in [1.807, 2.05) is 18.2 Å². The van der Waals surface area contributed by atoms with Crippen LogP contribution in [0.5, 0.6) is 0 Å². The zero-order valence-corrected chi connectivity index (χ0v) is 13.9. The molecular formula is C16H24N2O3S. The van der Waals surface area contributed by atoms with Gasteiger partial charge in [0.25, 0.3) is 0 Å². The number of nitrogens with one attached hydrogen (secondary N) is 2. The van der Waals surface area contributed by atoms with Gasteiger partial charge in [0, 0.05) is 18.2 Å². The molecule has 0 aromatic heterocycles. The molecule has 22 heavy (non-hydrogen) atoms. The van der Waals surface area contributed by atoms with Gasteiger partial charge in [0.15, 0.2) is 0 Å². The smallest absolute Gasteiger partial charge is 0.234 e. The number of benzene rings is 1. The molecule has 1 aliphatic heterocycles. The maximum atomic E-state index is 12.0. The van der Waals surface area contributed by atoms with Gasteiger partial charge in [0.2, 0.25) is 10.0 Å². The van der Waals surface area contributed by atoms with Gasteiger partial charge in [-0.25, -0.2) is 8.42 Å². The SMILES string of the molecule is CCC1(c2cccc(NS(=O)(=O)CCOC)c2)[C@@H]2CNC[C@@H]21. The first-order chi connectivity index (χ1) is 10.5. The van der Waals surface area contributed by atoms with Crippen molar-refractivity contribution in [1.29, 1.82) is 0 Å². The summed E-state index contributed by atoms with van der Waals surface area (Å²) in [5.74, 6) is 1.36. The largest absolute Gasteiger partial charge is 0.384 e. The van der Waals surface area contributed by atoms with Crippen LogP contribution in [-0.4, -0.2) is 41.0 Å². The van der Waals surface area contributed by atoms with Crippen LogP contribution >= 0.6 is 0 Å². The fraction of sp³-hybridized carbons (Fsp3) is 0.625. The van der Waals surface area contributed by atoms with Crippen LogP contribution in [0.4, 0.5) is 5.69 Å². The Morgan fingerprint density at radius 2 is 2.09 bits per heavy atom. The monoisotopic (exact) mass is 324 g/mol. The number of sulfonamides is 1. The number of fused-ring (bicyclic) bond motifs is 1. The highest BCUT2D eigenvalue weighted by atomic mass is 32.2. The summed E-state index contributed by atoms with van der Waals surface area (Å²) in [6.07, 6.45) is 1.10. The van der Waals surface area contributed by atoms with Gasteiger partial charge in [-0.2, -0.15) is 0 Å². The number of anilines is 1. The minimum Gasteiger partial charge on any atom is -0.384 e. The van der Waals surface area contributed by atoms with Gasteiger partial charge in [-0.1, -0.05) is 19.1 Å². The zero-order chi connectivity index (χ0) is 15.8. The standard InChI is InChI=1S/C16H24N2O3S/c1-3-16(14-10-17-11-15(14)16)12-5-4-6-13(9-12)18-22(19,20)8-7-21-2/h4-6,9,14-15,17-18H,3,7-8,10-11H2,1-2H3/t14-,15+,16?. The van der Waals surface area contributed by atoms with E-state index in [1.54, 1.807) is 0 Å². The number of ether oxygens (including phenoxy) is 1. The highest BCUT2D eigenvalue weighted by Crippen LogP contribution is 2.63. The maximum absolute atomic E-state index is 12.0. The van der Waals surface area contributed by atoms with Crippen LogP contribution in [0, 0.1) is 11.8 Å². The van der Waals surface area contributed by atoms with E-state index in [2.05, 4.69) is 23.0 Å². The predicted octanol–water partition coefficient (Wildman–Crippen LogP) is 1.57. The molecule has 1 saturated carbocycles.